The molecule has 0 amide bonds. The molecule has 1 heterocycles. The lowest BCUT2D eigenvalue weighted by molar-refractivity contribution is 0.592. The van der Waals surface area contributed by atoms with Crippen molar-refractivity contribution >= 4 is 34.0 Å². The Balaban J connectivity index is 1.72. The van der Waals surface area contributed by atoms with Gasteiger partial charge in [0.05, 0.1) is 5.69 Å². The van der Waals surface area contributed by atoms with E-state index in [0.29, 0.717) is 0 Å². The lowest BCUT2D eigenvalue weighted by Crippen LogP contribution is -2.26. The van der Waals surface area contributed by atoms with Crippen LogP contribution in [0.1, 0.15) is 0 Å². The number of fused-ring (bicyclic) bond motifs is 1. The maximum Gasteiger partial charge on any atom is 0.171 e. The summed E-state index contributed by atoms with van der Waals surface area (Å²) in [7, 11) is -1.20. The Hall–Kier alpha value is -4.20. The first-order valence-corrected chi connectivity index (χ1v) is 13.9. The molecule has 1 aromatic heterocycles. The summed E-state index contributed by atoms with van der Waals surface area (Å²) < 4.78 is 31.4. The number of benzene rings is 5. The molecule has 0 atom stereocenters. The highest BCUT2D eigenvalue weighted by molar-refractivity contribution is 7.85. The predicted molar refractivity (Wildman–Crippen MR) is 153 cm³/mol. The van der Waals surface area contributed by atoms with Crippen LogP contribution in [-0.2, 0) is 11.6 Å². The van der Waals surface area contributed by atoms with Gasteiger partial charge in [-0.1, -0.05) is 115 Å². The third kappa shape index (κ3) is 3.84. The summed E-state index contributed by atoms with van der Waals surface area (Å²) in [6, 6.07) is 42.3. The van der Waals surface area contributed by atoms with Crippen LogP contribution in [0, 0.1) is 5.82 Å². The molecule has 0 saturated heterocycles. The third-order valence-corrected chi connectivity index (χ3v) is 10.1. The fraction of sp³-hybridized carbons (Fsp3) is 0.0303. The molecule has 0 unspecified atom stereocenters. The SMILES string of the molecule is Cn1c(-c2ccccc2P(=O)(c2ccccc2)c2ccccc2)c(-c2ccc(F)cc2)c2ccccc21. The molecule has 180 valence electrons. The van der Waals surface area contributed by atoms with Gasteiger partial charge < -0.3 is 9.13 Å². The fourth-order valence-corrected chi connectivity index (χ4v) is 8.12. The first-order valence-electron chi connectivity index (χ1n) is 12.2. The van der Waals surface area contributed by atoms with E-state index in [1.807, 2.05) is 110 Å². The van der Waals surface area contributed by atoms with Gasteiger partial charge >= 0.3 is 0 Å². The Bertz CT molecular complexity index is 1710. The molecule has 2 nitrogen and oxygen atoms in total. The van der Waals surface area contributed by atoms with Crippen molar-refractivity contribution in [3.05, 3.63) is 139 Å². The van der Waals surface area contributed by atoms with Crippen LogP contribution in [0.4, 0.5) is 4.39 Å². The highest BCUT2D eigenvalue weighted by Crippen LogP contribution is 2.48. The molecule has 0 saturated carbocycles. The van der Waals surface area contributed by atoms with Crippen molar-refractivity contribution in [1.82, 2.24) is 4.57 Å². The summed E-state index contributed by atoms with van der Waals surface area (Å²) in [6.07, 6.45) is 0. The van der Waals surface area contributed by atoms with E-state index < -0.39 is 7.14 Å². The fourth-order valence-electron chi connectivity index (χ4n) is 5.27. The van der Waals surface area contributed by atoms with Crippen LogP contribution in [0.2, 0.25) is 0 Å². The van der Waals surface area contributed by atoms with E-state index >= 15 is 4.57 Å². The maximum absolute atomic E-state index is 15.4. The van der Waals surface area contributed by atoms with Gasteiger partial charge in [0, 0.05) is 45.0 Å². The molecule has 5 aromatic carbocycles. The summed E-state index contributed by atoms with van der Waals surface area (Å²) in [4.78, 5) is 0. The number of para-hydroxylation sites is 1. The molecule has 0 radical (unpaired) electrons. The summed E-state index contributed by atoms with van der Waals surface area (Å²) >= 11 is 0. The van der Waals surface area contributed by atoms with Gasteiger partial charge in [-0.05, 0) is 23.8 Å². The van der Waals surface area contributed by atoms with Crippen LogP contribution in [-0.4, -0.2) is 4.57 Å². The van der Waals surface area contributed by atoms with E-state index in [4.69, 9.17) is 0 Å². The number of hydrogen-bond donors (Lipinski definition) is 0. The minimum atomic E-state index is -3.24. The van der Waals surface area contributed by atoms with Crippen molar-refractivity contribution in [2.24, 2.45) is 7.05 Å². The lowest BCUT2D eigenvalue weighted by atomic mass is 9.98. The quantitative estimate of drug-likeness (QED) is 0.227. The zero-order valence-corrected chi connectivity index (χ0v) is 21.3. The highest BCUT2D eigenvalue weighted by atomic mass is 31.2. The summed E-state index contributed by atoms with van der Waals surface area (Å²) in [5.74, 6) is -0.274. The second-order valence-electron chi connectivity index (χ2n) is 9.10. The van der Waals surface area contributed by atoms with Crippen molar-refractivity contribution < 1.29 is 8.96 Å². The van der Waals surface area contributed by atoms with Gasteiger partial charge in [-0.15, -0.1) is 0 Å². The first kappa shape index (κ1) is 23.2. The number of aromatic nitrogens is 1. The van der Waals surface area contributed by atoms with Gasteiger partial charge in [-0.2, -0.15) is 0 Å². The van der Waals surface area contributed by atoms with E-state index in [0.717, 1.165) is 49.2 Å². The minimum Gasteiger partial charge on any atom is -0.343 e. The third-order valence-electron chi connectivity index (χ3n) is 6.98. The zero-order chi connectivity index (χ0) is 25.4. The summed E-state index contributed by atoms with van der Waals surface area (Å²) in [5.41, 5.74) is 4.82. The molecular formula is C33H25FNOP. The van der Waals surface area contributed by atoms with Crippen LogP contribution < -0.4 is 15.9 Å². The molecule has 6 aromatic rings. The Morgan fingerprint density at radius 1 is 0.622 bits per heavy atom. The molecule has 0 spiro atoms. The van der Waals surface area contributed by atoms with E-state index in [9.17, 15) is 4.39 Å². The van der Waals surface area contributed by atoms with E-state index in [2.05, 4.69) is 22.8 Å². The second-order valence-corrected chi connectivity index (χ2v) is 11.8. The molecular weight excluding hydrogens is 476 g/mol. The summed E-state index contributed by atoms with van der Waals surface area (Å²) in [6.45, 7) is 0. The van der Waals surface area contributed by atoms with Crippen LogP contribution >= 0.6 is 7.14 Å². The lowest BCUT2D eigenvalue weighted by Gasteiger charge is -2.23. The average Bonchev–Trinajstić information content (AvgIpc) is 3.26. The van der Waals surface area contributed by atoms with Crippen LogP contribution in [0.3, 0.4) is 0 Å². The molecule has 0 N–H and O–H groups in total. The number of hydrogen-bond acceptors (Lipinski definition) is 1. The molecule has 0 fully saturated rings. The number of rotatable bonds is 5. The zero-order valence-electron chi connectivity index (χ0n) is 20.4. The topological polar surface area (TPSA) is 22.0 Å². The van der Waals surface area contributed by atoms with Crippen molar-refractivity contribution in [3.63, 3.8) is 0 Å². The molecule has 0 aliphatic heterocycles. The van der Waals surface area contributed by atoms with Gasteiger partial charge in [-0.25, -0.2) is 4.39 Å². The highest BCUT2D eigenvalue weighted by Gasteiger charge is 2.33. The van der Waals surface area contributed by atoms with Crippen LogP contribution in [0.5, 0.6) is 0 Å². The standard InChI is InChI=1S/C33H25FNOP/c1-35-30-18-10-8-16-28(30)32(24-20-22-25(34)23-21-24)33(35)29-17-9-11-19-31(29)37(36,26-12-4-2-5-13-26)27-14-6-3-7-15-27/h2-23H,1H3. The number of halogens is 1. The van der Waals surface area contributed by atoms with Crippen molar-refractivity contribution in [2.75, 3.05) is 0 Å². The smallest absolute Gasteiger partial charge is 0.171 e. The van der Waals surface area contributed by atoms with Gasteiger partial charge in [0.15, 0.2) is 7.14 Å². The molecule has 6 rings (SSSR count). The van der Waals surface area contributed by atoms with Crippen LogP contribution in [0.25, 0.3) is 33.3 Å². The molecule has 0 aliphatic carbocycles. The Labute approximate surface area is 216 Å². The van der Waals surface area contributed by atoms with Crippen molar-refractivity contribution in [3.8, 4) is 22.4 Å². The van der Waals surface area contributed by atoms with Crippen molar-refractivity contribution in [2.45, 2.75) is 0 Å². The predicted octanol–water partition coefficient (Wildman–Crippen LogP) is 7.29. The van der Waals surface area contributed by atoms with E-state index in [1.54, 1.807) is 0 Å². The first-order chi connectivity index (χ1) is 18.1. The maximum atomic E-state index is 15.4. The normalized spacial score (nSPS) is 11.6. The Kier molecular flexibility index (Phi) is 5.87. The number of nitrogens with zero attached hydrogens (tertiary/aromatic N) is 1. The second kappa shape index (κ2) is 9.35. The molecule has 0 aliphatic rings. The van der Waals surface area contributed by atoms with Gasteiger partial charge in [-0.3, -0.25) is 0 Å². The van der Waals surface area contributed by atoms with E-state index in [-0.39, 0.29) is 5.82 Å². The van der Waals surface area contributed by atoms with Crippen molar-refractivity contribution in [1.29, 1.82) is 0 Å². The summed E-state index contributed by atoms with van der Waals surface area (Å²) in [5, 5.41) is 3.42. The molecule has 0 bridgehead atoms. The molecule has 37 heavy (non-hydrogen) atoms. The van der Waals surface area contributed by atoms with Crippen LogP contribution in [0.15, 0.2) is 133 Å². The molecule has 4 heteroatoms. The largest absolute Gasteiger partial charge is 0.343 e. The average molecular weight is 502 g/mol. The minimum absolute atomic E-state index is 0.274. The van der Waals surface area contributed by atoms with Gasteiger partial charge in [0.25, 0.3) is 0 Å². The van der Waals surface area contributed by atoms with E-state index in [1.165, 1.54) is 12.1 Å². The van der Waals surface area contributed by atoms with Gasteiger partial charge in [0.1, 0.15) is 5.82 Å². The Morgan fingerprint density at radius 3 is 1.81 bits per heavy atom. The monoisotopic (exact) mass is 501 g/mol. The Morgan fingerprint density at radius 2 is 1.16 bits per heavy atom. The van der Waals surface area contributed by atoms with Gasteiger partial charge in [0.2, 0.25) is 0 Å². The number of aryl methyl sites for hydroxylation is 1.